The lowest BCUT2D eigenvalue weighted by atomic mass is 9.84. The molecule has 0 spiro atoms. The van der Waals surface area contributed by atoms with E-state index in [9.17, 15) is 0 Å². The summed E-state index contributed by atoms with van der Waals surface area (Å²) >= 11 is 0. The van der Waals surface area contributed by atoms with Gasteiger partial charge in [0, 0.05) is 22.7 Å². The lowest BCUT2D eigenvalue weighted by Gasteiger charge is -2.23. The molecular weight excluding hydrogens is 388 g/mol. The summed E-state index contributed by atoms with van der Waals surface area (Å²) in [5, 5.41) is 7.26. The number of hydrogen-bond donors (Lipinski definition) is 2. The molecule has 0 fully saturated rings. The SMILES string of the molecule is Cc1cc(C(C)(C)C)cc(C)c1Nc1ccc(Nc2c(C)cc(C(C)(C)C)cc2C)cc1. The molecule has 0 atom stereocenters. The molecule has 0 aliphatic carbocycles. The van der Waals surface area contributed by atoms with E-state index in [0.29, 0.717) is 0 Å². The van der Waals surface area contributed by atoms with Crippen LogP contribution < -0.4 is 10.6 Å². The zero-order chi connectivity index (χ0) is 23.8. The molecule has 2 N–H and O–H groups in total. The summed E-state index contributed by atoms with van der Waals surface area (Å²) in [5.41, 5.74) is 12.8. The van der Waals surface area contributed by atoms with E-state index < -0.39 is 0 Å². The molecule has 0 aliphatic heterocycles. The fourth-order valence-electron chi connectivity index (χ4n) is 4.11. The van der Waals surface area contributed by atoms with Crippen LogP contribution in [0, 0.1) is 27.7 Å². The summed E-state index contributed by atoms with van der Waals surface area (Å²) in [6.07, 6.45) is 0. The minimum Gasteiger partial charge on any atom is -0.355 e. The molecule has 0 amide bonds. The zero-order valence-electron chi connectivity index (χ0n) is 21.6. The Labute approximate surface area is 195 Å². The van der Waals surface area contributed by atoms with Crippen molar-refractivity contribution in [2.24, 2.45) is 0 Å². The van der Waals surface area contributed by atoms with Crippen molar-refractivity contribution in [1.29, 1.82) is 0 Å². The van der Waals surface area contributed by atoms with E-state index in [-0.39, 0.29) is 10.8 Å². The predicted octanol–water partition coefficient (Wildman–Crippen LogP) is 9.00. The van der Waals surface area contributed by atoms with E-state index in [1.54, 1.807) is 0 Å². The van der Waals surface area contributed by atoms with Crippen molar-refractivity contribution in [3.05, 3.63) is 81.9 Å². The fraction of sp³-hybridized carbons (Fsp3) is 0.400. The third-order valence-electron chi connectivity index (χ3n) is 6.22. The van der Waals surface area contributed by atoms with E-state index in [4.69, 9.17) is 0 Å². The molecule has 0 saturated heterocycles. The summed E-state index contributed by atoms with van der Waals surface area (Å²) < 4.78 is 0. The molecule has 0 radical (unpaired) electrons. The van der Waals surface area contributed by atoms with Crippen LogP contribution in [-0.4, -0.2) is 0 Å². The number of aryl methyl sites for hydroxylation is 4. The summed E-state index contributed by atoms with van der Waals surface area (Å²) in [6.45, 7) is 22.3. The first-order valence-electron chi connectivity index (χ1n) is 11.6. The Morgan fingerprint density at radius 1 is 0.469 bits per heavy atom. The van der Waals surface area contributed by atoms with Crippen molar-refractivity contribution in [3.63, 3.8) is 0 Å². The molecule has 0 unspecified atom stereocenters. The molecule has 0 bridgehead atoms. The Morgan fingerprint density at radius 3 is 0.938 bits per heavy atom. The van der Waals surface area contributed by atoms with Gasteiger partial charge in [-0.3, -0.25) is 0 Å². The molecule has 2 heteroatoms. The highest BCUT2D eigenvalue weighted by Crippen LogP contribution is 2.33. The van der Waals surface area contributed by atoms with Gasteiger partial charge in [-0.1, -0.05) is 65.8 Å². The maximum Gasteiger partial charge on any atom is 0.0443 e. The molecule has 3 aromatic rings. The van der Waals surface area contributed by atoms with Gasteiger partial charge in [-0.2, -0.15) is 0 Å². The zero-order valence-corrected chi connectivity index (χ0v) is 21.6. The third kappa shape index (κ3) is 5.35. The van der Waals surface area contributed by atoms with Gasteiger partial charge in [-0.15, -0.1) is 0 Å². The van der Waals surface area contributed by atoms with Crippen LogP contribution in [0.5, 0.6) is 0 Å². The van der Waals surface area contributed by atoms with E-state index in [1.165, 1.54) is 44.8 Å². The fourth-order valence-corrected chi connectivity index (χ4v) is 4.11. The van der Waals surface area contributed by atoms with Crippen LogP contribution in [0.25, 0.3) is 0 Å². The smallest absolute Gasteiger partial charge is 0.0443 e. The molecule has 0 heterocycles. The average molecular weight is 429 g/mol. The standard InChI is InChI=1S/C30H40N2/c1-19-15-23(29(5,6)7)16-20(2)27(19)31-25-11-13-26(14-12-25)32-28-21(3)17-24(18-22(28)4)30(8,9)10/h11-18,31-32H,1-10H3. The molecular formula is C30H40N2. The minimum absolute atomic E-state index is 0.155. The van der Waals surface area contributed by atoms with Crippen molar-refractivity contribution in [1.82, 2.24) is 0 Å². The average Bonchev–Trinajstić information content (AvgIpc) is 2.67. The summed E-state index contributed by atoms with van der Waals surface area (Å²) in [7, 11) is 0. The molecule has 2 nitrogen and oxygen atoms in total. The monoisotopic (exact) mass is 428 g/mol. The second-order valence-corrected chi connectivity index (χ2v) is 11.3. The van der Waals surface area contributed by atoms with E-state index in [1.807, 2.05) is 0 Å². The highest BCUT2D eigenvalue weighted by molar-refractivity contribution is 5.72. The first kappa shape index (κ1) is 23.9. The molecule has 0 saturated carbocycles. The van der Waals surface area contributed by atoms with Crippen LogP contribution in [-0.2, 0) is 10.8 Å². The Kier molecular flexibility index (Phi) is 6.47. The molecule has 3 aromatic carbocycles. The van der Waals surface area contributed by atoms with Crippen molar-refractivity contribution in [2.75, 3.05) is 10.6 Å². The van der Waals surface area contributed by atoms with E-state index in [2.05, 4.69) is 128 Å². The van der Waals surface area contributed by atoms with Gasteiger partial charge in [0.2, 0.25) is 0 Å². The Morgan fingerprint density at radius 2 is 0.719 bits per heavy atom. The number of hydrogen-bond acceptors (Lipinski definition) is 2. The molecule has 32 heavy (non-hydrogen) atoms. The highest BCUT2D eigenvalue weighted by atomic mass is 14.9. The van der Waals surface area contributed by atoms with Gasteiger partial charge in [0.15, 0.2) is 0 Å². The van der Waals surface area contributed by atoms with Crippen LogP contribution >= 0.6 is 0 Å². The maximum atomic E-state index is 3.63. The third-order valence-corrected chi connectivity index (χ3v) is 6.22. The van der Waals surface area contributed by atoms with Crippen LogP contribution in [0.4, 0.5) is 22.7 Å². The van der Waals surface area contributed by atoms with Crippen LogP contribution in [0.1, 0.15) is 74.9 Å². The van der Waals surface area contributed by atoms with E-state index >= 15 is 0 Å². The number of anilines is 4. The predicted molar refractivity (Wildman–Crippen MR) is 142 cm³/mol. The van der Waals surface area contributed by atoms with Crippen molar-refractivity contribution >= 4 is 22.7 Å². The molecule has 0 aliphatic rings. The van der Waals surface area contributed by atoms with Gasteiger partial charge >= 0.3 is 0 Å². The first-order chi connectivity index (χ1) is 14.8. The van der Waals surface area contributed by atoms with Gasteiger partial charge in [0.05, 0.1) is 0 Å². The lowest BCUT2D eigenvalue weighted by Crippen LogP contribution is -2.12. The number of benzene rings is 3. The van der Waals surface area contributed by atoms with Gasteiger partial charge in [-0.25, -0.2) is 0 Å². The Bertz CT molecular complexity index is 971. The Hall–Kier alpha value is -2.74. The second-order valence-electron chi connectivity index (χ2n) is 11.3. The molecule has 3 rings (SSSR count). The number of rotatable bonds is 4. The summed E-state index contributed by atoms with van der Waals surface area (Å²) in [5.74, 6) is 0. The van der Waals surface area contributed by atoms with Gasteiger partial charge in [0.1, 0.15) is 0 Å². The minimum atomic E-state index is 0.155. The van der Waals surface area contributed by atoms with Crippen molar-refractivity contribution in [2.45, 2.75) is 80.1 Å². The van der Waals surface area contributed by atoms with Crippen molar-refractivity contribution in [3.8, 4) is 0 Å². The van der Waals surface area contributed by atoms with Crippen molar-refractivity contribution < 1.29 is 0 Å². The quantitative estimate of drug-likeness (QED) is 0.433. The first-order valence-corrected chi connectivity index (χ1v) is 11.6. The topological polar surface area (TPSA) is 24.1 Å². The maximum absolute atomic E-state index is 3.63. The molecule has 170 valence electrons. The largest absolute Gasteiger partial charge is 0.355 e. The highest BCUT2D eigenvalue weighted by Gasteiger charge is 2.17. The lowest BCUT2D eigenvalue weighted by molar-refractivity contribution is 0.589. The van der Waals surface area contributed by atoms with Gasteiger partial charge in [0.25, 0.3) is 0 Å². The second kappa shape index (κ2) is 8.65. The normalized spacial score (nSPS) is 12.1. The van der Waals surface area contributed by atoms with E-state index in [0.717, 1.165) is 11.4 Å². The molecule has 0 aromatic heterocycles. The van der Waals surface area contributed by atoms with Crippen LogP contribution in [0.15, 0.2) is 48.5 Å². The summed E-state index contributed by atoms with van der Waals surface area (Å²) in [6, 6.07) is 17.8. The van der Waals surface area contributed by atoms with Crippen LogP contribution in [0.2, 0.25) is 0 Å². The number of nitrogens with one attached hydrogen (secondary N) is 2. The van der Waals surface area contributed by atoms with Gasteiger partial charge < -0.3 is 10.6 Å². The van der Waals surface area contributed by atoms with Gasteiger partial charge in [-0.05, 0) is 96.2 Å². The Balaban J connectivity index is 1.80. The summed E-state index contributed by atoms with van der Waals surface area (Å²) in [4.78, 5) is 0. The van der Waals surface area contributed by atoms with Crippen LogP contribution in [0.3, 0.4) is 0 Å².